The Morgan fingerprint density at radius 2 is 2.00 bits per heavy atom. The number of methoxy groups -OCH3 is 1. The van der Waals surface area contributed by atoms with Gasteiger partial charge in [-0.1, -0.05) is 43.3 Å². The van der Waals surface area contributed by atoms with E-state index in [4.69, 9.17) is 9.47 Å². The van der Waals surface area contributed by atoms with Gasteiger partial charge in [0.15, 0.2) is 17.3 Å². The Balaban J connectivity index is 1.73. The minimum absolute atomic E-state index is 0.128. The molecular formula is C23H25NO3. The highest BCUT2D eigenvalue weighted by atomic mass is 16.5. The number of ketones is 1. The Bertz CT molecular complexity index is 875. The van der Waals surface area contributed by atoms with Gasteiger partial charge in [-0.2, -0.15) is 0 Å². The lowest BCUT2D eigenvalue weighted by atomic mass is 9.64. The molecule has 2 atom stereocenters. The van der Waals surface area contributed by atoms with Crippen LogP contribution in [0.5, 0.6) is 11.5 Å². The molecule has 0 spiro atoms. The molecule has 1 aliphatic carbocycles. The molecule has 1 N–H and O–H groups in total. The molecule has 0 radical (unpaired) electrons. The number of allylic oxidation sites excluding steroid dienone is 1. The highest BCUT2D eigenvalue weighted by molar-refractivity contribution is 5.92. The van der Waals surface area contributed by atoms with Crippen molar-refractivity contribution in [2.75, 3.05) is 7.11 Å². The fraction of sp³-hybridized carbons (Fsp3) is 0.348. The molecule has 1 aliphatic heterocycles. The number of carbonyl (C=O) groups is 1. The fourth-order valence-corrected chi connectivity index (χ4v) is 4.32. The lowest BCUT2D eigenvalue weighted by Gasteiger charge is -2.45. The largest absolute Gasteiger partial charge is 0.493 e. The number of carbonyl (C=O) groups excluding carboxylic acids is 1. The van der Waals surface area contributed by atoms with Crippen molar-refractivity contribution in [3.63, 3.8) is 0 Å². The molecule has 2 aromatic carbocycles. The van der Waals surface area contributed by atoms with Gasteiger partial charge in [-0.05, 0) is 41.3 Å². The maximum Gasteiger partial charge on any atom is 0.161 e. The van der Waals surface area contributed by atoms with Gasteiger partial charge in [0.1, 0.15) is 6.61 Å². The van der Waals surface area contributed by atoms with Gasteiger partial charge in [0.05, 0.1) is 7.11 Å². The summed E-state index contributed by atoms with van der Waals surface area (Å²) in [6, 6.07) is 14.4. The zero-order valence-corrected chi connectivity index (χ0v) is 15.8. The molecule has 0 amide bonds. The second kappa shape index (κ2) is 7.20. The first kappa shape index (κ1) is 17.8. The zero-order chi connectivity index (χ0) is 18.9. The predicted molar refractivity (Wildman–Crippen MR) is 105 cm³/mol. The molecule has 0 bridgehead atoms. The minimum Gasteiger partial charge on any atom is -0.493 e. The van der Waals surface area contributed by atoms with E-state index in [0.717, 1.165) is 30.0 Å². The normalized spacial score (nSPS) is 23.5. The molecule has 1 heterocycles. The quantitative estimate of drug-likeness (QED) is 0.875. The smallest absolute Gasteiger partial charge is 0.161 e. The first-order valence-corrected chi connectivity index (χ1v) is 9.50. The molecule has 4 nitrogen and oxygen atoms in total. The molecule has 0 fully saturated rings. The second-order valence-corrected chi connectivity index (χ2v) is 7.27. The average molecular weight is 363 g/mol. The third-order valence-electron chi connectivity index (χ3n) is 5.85. The first-order chi connectivity index (χ1) is 13.2. The van der Waals surface area contributed by atoms with Crippen LogP contribution < -0.4 is 14.8 Å². The van der Waals surface area contributed by atoms with Crippen molar-refractivity contribution in [3.8, 4) is 11.5 Å². The highest BCUT2D eigenvalue weighted by Gasteiger charge is 2.44. The average Bonchev–Trinajstić information content (AvgIpc) is 2.72. The third kappa shape index (κ3) is 3.15. The maximum atomic E-state index is 11.9. The lowest BCUT2D eigenvalue weighted by Crippen LogP contribution is -2.53. The van der Waals surface area contributed by atoms with Crippen molar-refractivity contribution in [2.24, 2.45) is 0 Å². The molecule has 2 aromatic rings. The van der Waals surface area contributed by atoms with E-state index < -0.39 is 0 Å². The summed E-state index contributed by atoms with van der Waals surface area (Å²) < 4.78 is 11.7. The predicted octanol–water partition coefficient (Wildman–Crippen LogP) is 3.92. The molecule has 27 heavy (non-hydrogen) atoms. The van der Waals surface area contributed by atoms with Crippen LogP contribution in [0.15, 0.2) is 54.6 Å². The molecular weight excluding hydrogens is 338 g/mol. The van der Waals surface area contributed by atoms with Crippen LogP contribution in [-0.4, -0.2) is 18.9 Å². The molecule has 0 unspecified atom stereocenters. The Morgan fingerprint density at radius 1 is 1.19 bits per heavy atom. The van der Waals surface area contributed by atoms with Crippen LogP contribution in [-0.2, 0) is 23.4 Å². The summed E-state index contributed by atoms with van der Waals surface area (Å²) in [6.07, 6.45) is 5.29. The molecule has 4 rings (SSSR count). The fourth-order valence-electron chi connectivity index (χ4n) is 4.32. The summed E-state index contributed by atoms with van der Waals surface area (Å²) in [6.45, 7) is 3.40. The van der Waals surface area contributed by atoms with Gasteiger partial charge >= 0.3 is 0 Å². The zero-order valence-electron chi connectivity index (χ0n) is 15.8. The summed E-state index contributed by atoms with van der Waals surface area (Å²) in [5, 5.41) is 3.56. The van der Waals surface area contributed by atoms with Crippen LogP contribution in [0.1, 0.15) is 36.5 Å². The van der Waals surface area contributed by atoms with Gasteiger partial charge in [-0.3, -0.25) is 4.79 Å². The molecule has 4 heteroatoms. The Hall–Kier alpha value is -2.59. The summed E-state index contributed by atoms with van der Waals surface area (Å²) in [7, 11) is 1.67. The van der Waals surface area contributed by atoms with Gasteiger partial charge in [0.2, 0.25) is 0 Å². The third-order valence-corrected chi connectivity index (χ3v) is 5.85. The summed E-state index contributed by atoms with van der Waals surface area (Å²) in [5.74, 6) is 1.68. The monoisotopic (exact) mass is 363 g/mol. The SMILES string of the molecule is CC[C@]12C=CC(=O)C[C@@H]1NCc1cc(OC)c(OCc3ccccc3)cc12. The van der Waals surface area contributed by atoms with Crippen LogP contribution in [0.25, 0.3) is 0 Å². The number of nitrogens with one attached hydrogen (secondary N) is 1. The number of hydrogen-bond donors (Lipinski definition) is 1. The van der Waals surface area contributed by atoms with Gasteiger partial charge in [0, 0.05) is 24.4 Å². The molecule has 2 aliphatic rings. The van der Waals surface area contributed by atoms with Gasteiger partial charge < -0.3 is 14.8 Å². The van der Waals surface area contributed by atoms with Crippen LogP contribution >= 0.6 is 0 Å². The van der Waals surface area contributed by atoms with Gasteiger partial charge in [-0.25, -0.2) is 0 Å². The van der Waals surface area contributed by atoms with E-state index in [1.807, 2.05) is 30.3 Å². The molecule has 0 saturated carbocycles. The van der Waals surface area contributed by atoms with Crippen LogP contribution in [0.3, 0.4) is 0 Å². The summed E-state index contributed by atoms with van der Waals surface area (Å²) in [4.78, 5) is 11.9. The lowest BCUT2D eigenvalue weighted by molar-refractivity contribution is -0.116. The highest BCUT2D eigenvalue weighted by Crippen LogP contribution is 2.45. The van der Waals surface area contributed by atoms with E-state index in [-0.39, 0.29) is 17.2 Å². The number of fused-ring (bicyclic) bond motifs is 3. The molecule has 0 aromatic heterocycles. The van der Waals surface area contributed by atoms with E-state index >= 15 is 0 Å². The number of rotatable bonds is 5. The molecule has 140 valence electrons. The van der Waals surface area contributed by atoms with E-state index in [2.05, 4.69) is 30.4 Å². The minimum atomic E-state index is -0.182. The van der Waals surface area contributed by atoms with E-state index in [1.165, 1.54) is 11.1 Å². The van der Waals surface area contributed by atoms with Crippen LogP contribution in [0.2, 0.25) is 0 Å². The van der Waals surface area contributed by atoms with E-state index in [9.17, 15) is 4.79 Å². The van der Waals surface area contributed by atoms with Crippen molar-refractivity contribution in [2.45, 2.75) is 44.4 Å². The van der Waals surface area contributed by atoms with Crippen molar-refractivity contribution in [1.82, 2.24) is 5.32 Å². The standard InChI is InChI=1S/C23H25NO3/c1-3-23-10-9-18(25)12-22(23)24-14-17-11-20(26-2)21(13-19(17)23)27-15-16-7-5-4-6-8-16/h4-11,13,22,24H,3,12,14-15H2,1-2H3/t22-,23+/m0/s1. The van der Waals surface area contributed by atoms with Gasteiger partial charge in [-0.15, -0.1) is 0 Å². The topological polar surface area (TPSA) is 47.6 Å². The van der Waals surface area contributed by atoms with Crippen LogP contribution in [0.4, 0.5) is 0 Å². The van der Waals surface area contributed by atoms with E-state index in [0.29, 0.717) is 13.0 Å². The first-order valence-electron chi connectivity index (χ1n) is 9.50. The number of benzene rings is 2. The van der Waals surface area contributed by atoms with Crippen molar-refractivity contribution < 1.29 is 14.3 Å². The van der Waals surface area contributed by atoms with E-state index in [1.54, 1.807) is 13.2 Å². The maximum absolute atomic E-state index is 11.9. The van der Waals surface area contributed by atoms with Crippen LogP contribution in [0, 0.1) is 0 Å². The van der Waals surface area contributed by atoms with Crippen molar-refractivity contribution >= 4 is 5.78 Å². The Morgan fingerprint density at radius 3 is 2.74 bits per heavy atom. The number of ether oxygens (including phenoxy) is 2. The molecule has 0 saturated heterocycles. The Labute approximate surface area is 160 Å². The summed E-state index contributed by atoms with van der Waals surface area (Å²) >= 11 is 0. The van der Waals surface area contributed by atoms with Gasteiger partial charge in [0.25, 0.3) is 0 Å². The summed E-state index contributed by atoms with van der Waals surface area (Å²) in [5.41, 5.74) is 3.38. The van der Waals surface area contributed by atoms with Crippen molar-refractivity contribution in [3.05, 3.63) is 71.3 Å². The number of hydrogen-bond acceptors (Lipinski definition) is 4. The Kier molecular flexibility index (Phi) is 4.75. The van der Waals surface area contributed by atoms with Crippen molar-refractivity contribution in [1.29, 1.82) is 0 Å². The second-order valence-electron chi connectivity index (χ2n) is 7.27.